The average Bonchev–Trinajstić information content (AvgIpc) is 2.84. The van der Waals surface area contributed by atoms with E-state index in [4.69, 9.17) is 0 Å². The summed E-state index contributed by atoms with van der Waals surface area (Å²) >= 11 is 0. The summed E-state index contributed by atoms with van der Waals surface area (Å²) in [7, 11) is -3.31. The summed E-state index contributed by atoms with van der Waals surface area (Å²) < 4.78 is 21.4. The van der Waals surface area contributed by atoms with Crippen molar-refractivity contribution in [1.82, 2.24) is 0 Å². The Morgan fingerprint density at radius 3 is 1.94 bits per heavy atom. The van der Waals surface area contributed by atoms with Crippen molar-refractivity contribution in [1.29, 1.82) is 0 Å². The second-order valence-electron chi connectivity index (χ2n) is 8.88. The van der Waals surface area contributed by atoms with Gasteiger partial charge in [-0.1, -0.05) is 43.5 Å². The Labute approximate surface area is 199 Å². The zero-order valence-electron chi connectivity index (χ0n) is 18.7. The van der Waals surface area contributed by atoms with Crippen LogP contribution >= 0.6 is 0 Å². The lowest BCUT2D eigenvalue weighted by Crippen LogP contribution is -2.27. The van der Waals surface area contributed by atoms with Gasteiger partial charge in [-0.05, 0) is 55.1 Å². The number of carbonyl (C=O) groups is 2. The van der Waals surface area contributed by atoms with Crippen LogP contribution in [0.4, 0.5) is 17.1 Å². The van der Waals surface area contributed by atoms with E-state index < -0.39 is 9.80 Å². The van der Waals surface area contributed by atoms with Gasteiger partial charge in [0.05, 0.1) is 21.7 Å². The summed E-state index contributed by atoms with van der Waals surface area (Å²) in [5.74, 6) is 2.91. The molecule has 0 saturated heterocycles. The molecule has 2 aliphatic carbocycles. The zero-order valence-corrected chi connectivity index (χ0v) is 19.5. The molecule has 7 heteroatoms. The van der Waals surface area contributed by atoms with Gasteiger partial charge >= 0.3 is 0 Å². The van der Waals surface area contributed by atoms with Crippen LogP contribution in [0.3, 0.4) is 0 Å². The molecule has 34 heavy (non-hydrogen) atoms. The van der Waals surface area contributed by atoms with Crippen LogP contribution in [0, 0.1) is 0 Å². The van der Waals surface area contributed by atoms with Crippen LogP contribution in [0.2, 0.25) is 0 Å². The number of carbonyl (C=O) groups excluding carboxylic acids is 2. The number of hydrogen-bond acceptors (Lipinski definition) is 5. The van der Waals surface area contributed by atoms with E-state index in [1.54, 1.807) is 36.4 Å². The molecule has 1 atom stereocenters. The third-order valence-electron chi connectivity index (χ3n) is 6.54. The first kappa shape index (κ1) is 22.4. The SMILES string of the molecule is C=S(=O)(O)c1ccc(Nc2ccc(NC3CCCCC3)c3c2C(=O)c2ccccc2C3=O)cc1. The molecule has 174 valence electrons. The van der Waals surface area contributed by atoms with Crippen molar-refractivity contribution in [2.45, 2.75) is 43.0 Å². The molecule has 3 aromatic carbocycles. The van der Waals surface area contributed by atoms with Crippen LogP contribution in [0.25, 0.3) is 0 Å². The van der Waals surface area contributed by atoms with E-state index >= 15 is 0 Å². The van der Waals surface area contributed by atoms with Crippen LogP contribution in [0.5, 0.6) is 0 Å². The predicted molar refractivity (Wildman–Crippen MR) is 136 cm³/mol. The van der Waals surface area contributed by atoms with E-state index in [0.717, 1.165) is 25.7 Å². The van der Waals surface area contributed by atoms with Crippen molar-refractivity contribution >= 4 is 44.3 Å². The average molecular weight is 475 g/mol. The molecule has 1 fully saturated rings. The van der Waals surface area contributed by atoms with Gasteiger partial charge in [0, 0.05) is 28.5 Å². The Morgan fingerprint density at radius 2 is 1.35 bits per heavy atom. The van der Waals surface area contributed by atoms with Gasteiger partial charge in [-0.2, -0.15) is 0 Å². The highest BCUT2D eigenvalue weighted by Gasteiger charge is 2.34. The molecule has 0 radical (unpaired) electrons. The quantitative estimate of drug-likeness (QED) is 0.331. The van der Waals surface area contributed by atoms with Crippen LogP contribution in [-0.2, 0) is 9.80 Å². The predicted octanol–water partition coefficient (Wildman–Crippen LogP) is 5.50. The Morgan fingerprint density at radius 1 is 0.794 bits per heavy atom. The van der Waals surface area contributed by atoms with Gasteiger partial charge in [-0.25, -0.2) is 4.21 Å². The molecular weight excluding hydrogens is 448 g/mol. The largest absolute Gasteiger partial charge is 0.382 e. The molecule has 0 aliphatic heterocycles. The smallest absolute Gasteiger partial charge is 0.196 e. The second kappa shape index (κ2) is 8.74. The van der Waals surface area contributed by atoms with E-state index in [-0.39, 0.29) is 22.5 Å². The van der Waals surface area contributed by atoms with Crippen molar-refractivity contribution < 1.29 is 18.4 Å². The molecule has 3 N–H and O–H groups in total. The lowest BCUT2D eigenvalue weighted by atomic mass is 9.82. The number of fused-ring (bicyclic) bond motifs is 2. The minimum Gasteiger partial charge on any atom is -0.382 e. The number of rotatable bonds is 5. The monoisotopic (exact) mass is 474 g/mol. The minimum atomic E-state index is -3.31. The lowest BCUT2D eigenvalue weighted by molar-refractivity contribution is 0.0980. The van der Waals surface area contributed by atoms with Gasteiger partial charge in [0.1, 0.15) is 9.80 Å². The van der Waals surface area contributed by atoms with Crippen molar-refractivity contribution in [3.05, 3.63) is 82.9 Å². The van der Waals surface area contributed by atoms with E-state index in [1.165, 1.54) is 18.6 Å². The third-order valence-corrected chi connectivity index (χ3v) is 7.55. The Bertz CT molecular complexity index is 1390. The summed E-state index contributed by atoms with van der Waals surface area (Å²) in [5.41, 5.74) is 3.38. The Kier molecular flexibility index (Phi) is 5.75. The first-order chi connectivity index (χ1) is 16.3. The molecule has 0 aromatic heterocycles. The van der Waals surface area contributed by atoms with Gasteiger partial charge in [-0.15, -0.1) is 0 Å². The standard InChI is InChI=1S/C27H26N2O4S/c1-34(32,33)19-13-11-18(12-14-19)29-23-16-15-22(28-17-7-3-2-4-8-17)24-25(23)27(31)21-10-6-5-9-20(21)26(24)30/h5-6,9-17,28-29H,1-4,7-8H2,(H,32,33). The molecule has 1 saturated carbocycles. The fourth-order valence-corrected chi connectivity index (χ4v) is 5.38. The molecule has 2 aliphatic rings. The molecule has 0 spiro atoms. The fraction of sp³-hybridized carbons (Fsp3) is 0.222. The van der Waals surface area contributed by atoms with Crippen molar-refractivity contribution in [3.63, 3.8) is 0 Å². The van der Waals surface area contributed by atoms with Crippen LogP contribution in [0.1, 0.15) is 63.9 Å². The summed E-state index contributed by atoms with van der Waals surface area (Å²) in [6.45, 7) is 0. The molecular formula is C27H26N2O4S. The highest BCUT2D eigenvalue weighted by Crippen LogP contribution is 2.38. The highest BCUT2D eigenvalue weighted by atomic mass is 32.2. The van der Waals surface area contributed by atoms with E-state index in [0.29, 0.717) is 39.3 Å². The maximum Gasteiger partial charge on any atom is 0.196 e. The molecule has 1 unspecified atom stereocenters. The number of ketones is 2. The summed E-state index contributed by atoms with van der Waals surface area (Å²) in [6, 6.07) is 17.2. The summed E-state index contributed by atoms with van der Waals surface area (Å²) in [5, 5.41) is 6.77. The number of anilines is 3. The third kappa shape index (κ3) is 4.13. The molecule has 0 amide bonds. The zero-order chi connectivity index (χ0) is 23.9. The van der Waals surface area contributed by atoms with Crippen molar-refractivity contribution in [3.8, 4) is 0 Å². The lowest BCUT2D eigenvalue weighted by Gasteiger charge is -2.28. The van der Waals surface area contributed by atoms with Crippen molar-refractivity contribution in [2.75, 3.05) is 10.6 Å². The summed E-state index contributed by atoms with van der Waals surface area (Å²) in [6.07, 6.45) is 5.61. The van der Waals surface area contributed by atoms with Crippen LogP contribution < -0.4 is 10.6 Å². The maximum atomic E-state index is 13.6. The van der Waals surface area contributed by atoms with Crippen LogP contribution in [-0.4, -0.2) is 32.2 Å². The van der Waals surface area contributed by atoms with Crippen LogP contribution in [0.15, 0.2) is 65.6 Å². The number of nitrogens with one attached hydrogen (secondary N) is 2. The first-order valence-electron chi connectivity index (χ1n) is 11.4. The molecule has 0 heterocycles. The highest BCUT2D eigenvalue weighted by molar-refractivity contribution is 7.95. The van der Waals surface area contributed by atoms with E-state index in [1.807, 2.05) is 12.1 Å². The fourth-order valence-electron chi connectivity index (χ4n) is 4.82. The summed E-state index contributed by atoms with van der Waals surface area (Å²) in [4.78, 5) is 27.4. The maximum absolute atomic E-state index is 13.6. The normalized spacial score (nSPS) is 17.4. The van der Waals surface area contributed by atoms with Crippen molar-refractivity contribution in [2.24, 2.45) is 0 Å². The van der Waals surface area contributed by atoms with Gasteiger partial charge in [0.2, 0.25) is 0 Å². The second-order valence-corrected chi connectivity index (χ2v) is 10.6. The first-order valence-corrected chi connectivity index (χ1v) is 13.1. The topological polar surface area (TPSA) is 95.5 Å². The van der Waals surface area contributed by atoms with E-state index in [9.17, 15) is 18.4 Å². The molecule has 5 rings (SSSR count). The van der Waals surface area contributed by atoms with Gasteiger partial charge in [0.15, 0.2) is 11.6 Å². The Balaban J connectivity index is 1.58. The number of benzene rings is 3. The molecule has 6 nitrogen and oxygen atoms in total. The molecule has 0 bridgehead atoms. The van der Waals surface area contributed by atoms with Gasteiger partial charge in [-0.3, -0.25) is 9.59 Å². The number of hydrogen-bond donors (Lipinski definition) is 3. The Hall–Kier alpha value is -3.42. The minimum absolute atomic E-state index is 0.167. The van der Waals surface area contributed by atoms with Gasteiger partial charge < -0.3 is 15.2 Å². The molecule has 3 aromatic rings. The van der Waals surface area contributed by atoms with Gasteiger partial charge in [0.25, 0.3) is 0 Å². The van der Waals surface area contributed by atoms with E-state index in [2.05, 4.69) is 16.5 Å².